The molecule has 1 rings (SSSR count). The van der Waals surface area contributed by atoms with Crippen LogP contribution in [0, 0.1) is 6.92 Å². The second-order valence-corrected chi connectivity index (χ2v) is 4.17. The lowest BCUT2D eigenvalue weighted by Crippen LogP contribution is -1.98. The predicted molar refractivity (Wildman–Crippen MR) is 46.8 cm³/mol. The number of hydrogen-bond donors (Lipinski definition) is 0. The van der Waals surface area contributed by atoms with Crippen LogP contribution >= 0.6 is 15.9 Å². The molecule has 5 heteroatoms. The van der Waals surface area contributed by atoms with Crippen LogP contribution in [0.4, 0.5) is 0 Å². The van der Waals surface area contributed by atoms with Crippen LogP contribution in [0.5, 0.6) is 0 Å². The Morgan fingerprint density at radius 3 is 2.73 bits per heavy atom. The highest BCUT2D eigenvalue weighted by Gasteiger charge is 2.02. The fourth-order valence-electron chi connectivity index (χ4n) is 0.570. The van der Waals surface area contributed by atoms with Crippen LogP contribution < -0.4 is 0 Å². The van der Waals surface area contributed by atoms with E-state index in [0.717, 1.165) is 10.2 Å². The number of hydrogen-bond acceptors (Lipinski definition) is 3. The summed E-state index contributed by atoms with van der Waals surface area (Å²) in [5, 5.41) is 0.380. The number of aromatic nitrogens is 2. The zero-order chi connectivity index (χ0) is 8.43. The van der Waals surface area contributed by atoms with Crippen molar-refractivity contribution in [1.29, 1.82) is 0 Å². The van der Waals surface area contributed by atoms with Crippen molar-refractivity contribution < 1.29 is 4.21 Å². The third kappa shape index (κ3) is 2.07. The molecule has 3 nitrogen and oxygen atoms in total. The first-order valence-electron chi connectivity index (χ1n) is 2.94. The van der Waals surface area contributed by atoms with Gasteiger partial charge in [0.15, 0.2) is 0 Å². The van der Waals surface area contributed by atoms with E-state index in [0.29, 0.717) is 5.16 Å². The Bertz CT molecular complexity index is 303. The van der Waals surface area contributed by atoms with E-state index < -0.39 is 10.8 Å². The molecule has 1 atom stereocenters. The molecule has 1 aromatic rings. The highest BCUT2D eigenvalue weighted by Crippen LogP contribution is 2.12. The number of nitrogens with zero attached hydrogens (tertiary/aromatic N) is 2. The van der Waals surface area contributed by atoms with E-state index in [-0.39, 0.29) is 0 Å². The minimum atomic E-state index is -1.09. The summed E-state index contributed by atoms with van der Waals surface area (Å²) in [6.45, 7) is 1.84. The third-order valence-corrected chi connectivity index (χ3v) is 2.64. The van der Waals surface area contributed by atoms with Crippen molar-refractivity contribution in [1.82, 2.24) is 9.97 Å². The Hall–Kier alpha value is -0.290. The summed E-state index contributed by atoms with van der Waals surface area (Å²) in [6.07, 6.45) is 3.17. The van der Waals surface area contributed by atoms with Gasteiger partial charge in [-0.05, 0) is 22.9 Å². The van der Waals surface area contributed by atoms with E-state index in [2.05, 4.69) is 25.9 Å². The molecule has 0 amide bonds. The average Bonchev–Trinajstić information content (AvgIpc) is 1.94. The van der Waals surface area contributed by atoms with Gasteiger partial charge in [0.2, 0.25) is 5.16 Å². The smallest absolute Gasteiger partial charge is 0.218 e. The van der Waals surface area contributed by atoms with Crippen LogP contribution in [0.1, 0.15) is 5.69 Å². The van der Waals surface area contributed by atoms with Crippen LogP contribution in [0.3, 0.4) is 0 Å². The summed E-state index contributed by atoms with van der Waals surface area (Å²) in [7, 11) is -1.09. The molecule has 0 saturated carbocycles. The molecular weight excluding hydrogens is 228 g/mol. The highest BCUT2D eigenvalue weighted by atomic mass is 79.9. The molecule has 1 heterocycles. The van der Waals surface area contributed by atoms with Gasteiger partial charge in [0.25, 0.3) is 0 Å². The van der Waals surface area contributed by atoms with Crippen molar-refractivity contribution in [3.8, 4) is 0 Å². The van der Waals surface area contributed by atoms with Crippen molar-refractivity contribution in [3.63, 3.8) is 0 Å². The topological polar surface area (TPSA) is 42.9 Å². The Balaban J connectivity index is 3.15. The highest BCUT2D eigenvalue weighted by molar-refractivity contribution is 9.10. The van der Waals surface area contributed by atoms with E-state index in [4.69, 9.17) is 0 Å². The monoisotopic (exact) mass is 234 g/mol. The lowest BCUT2D eigenvalue weighted by Gasteiger charge is -1.97. The molecule has 0 radical (unpaired) electrons. The van der Waals surface area contributed by atoms with Gasteiger partial charge in [0.05, 0.1) is 21.0 Å². The van der Waals surface area contributed by atoms with Crippen LogP contribution in [0.25, 0.3) is 0 Å². The molecule has 0 unspecified atom stereocenters. The maximum Gasteiger partial charge on any atom is 0.218 e. The second kappa shape index (κ2) is 3.40. The third-order valence-electron chi connectivity index (χ3n) is 1.15. The van der Waals surface area contributed by atoms with Gasteiger partial charge in [0, 0.05) is 12.5 Å². The van der Waals surface area contributed by atoms with Crippen molar-refractivity contribution >= 4 is 26.7 Å². The zero-order valence-corrected chi connectivity index (χ0v) is 8.57. The first-order valence-corrected chi connectivity index (χ1v) is 5.29. The summed E-state index contributed by atoms with van der Waals surface area (Å²) in [5.74, 6) is 0. The molecule has 0 saturated heterocycles. The maximum atomic E-state index is 10.9. The number of halogens is 1. The van der Waals surface area contributed by atoms with Crippen LogP contribution in [-0.2, 0) is 10.8 Å². The van der Waals surface area contributed by atoms with Gasteiger partial charge in [-0.2, -0.15) is 0 Å². The van der Waals surface area contributed by atoms with E-state index in [1.807, 2.05) is 6.92 Å². The Morgan fingerprint density at radius 2 is 2.27 bits per heavy atom. The molecule has 0 spiro atoms. The van der Waals surface area contributed by atoms with Gasteiger partial charge in [-0.25, -0.2) is 9.97 Å². The summed E-state index contributed by atoms with van der Waals surface area (Å²) in [5.41, 5.74) is 0.810. The van der Waals surface area contributed by atoms with Crippen molar-refractivity contribution in [2.75, 3.05) is 6.26 Å². The minimum absolute atomic E-state index is 0.380. The SMILES string of the molecule is Cc1nc([S@](C)=O)ncc1Br. The summed E-state index contributed by atoms with van der Waals surface area (Å²) < 4.78 is 11.7. The largest absolute Gasteiger partial charge is 0.251 e. The van der Waals surface area contributed by atoms with E-state index in [9.17, 15) is 4.21 Å². The van der Waals surface area contributed by atoms with Crippen molar-refractivity contribution in [3.05, 3.63) is 16.4 Å². The first kappa shape index (κ1) is 8.80. The van der Waals surface area contributed by atoms with Gasteiger partial charge in [0.1, 0.15) is 0 Å². The zero-order valence-electron chi connectivity index (χ0n) is 6.17. The predicted octanol–water partition coefficient (Wildman–Crippen LogP) is 1.28. The lowest BCUT2D eigenvalue weighted by atomic mass is 10.5. The molecule has 0 aliphatic carbocycles. The summed E-state index contributed by atoms with van der Waals surface area (Å²) >= 11 is 3.25. The van der Waals surface area contributed by atoms with Crippen LogP contribution in [-0.4, -0.2) is 20.4 Å². The molecule has 0 fully saturated rings. The number of rotatable bonds is 1. The van der Waals surface area contributed by atoms with E-state index in [1.54, 1.807) is 12.5 Å². The standard InChI is InChI=1S/C6H7BrN2OS/c1-4-5(7)3-8-6(9-4)11(2)10/h3H,1-2H3/t11-/m0/s1. The lowest BCUT2D eigenvalue weighted by molar-refractivity contribution is 0.678. The molecule has 0 aliphatic heterocycles. The van der Waals surface area contributed by atoms with Gasteiger partial charge in [-0.15, -0.1) is 0 Å². The number of aryl methyl sites for hydroxylation is 1. The Labute approximate surface area is 75.8 Å². The van der Waals surface area contributed by atoms with E-state index >= 15 is 0 Å². The molecule has 0 bridgehead atoms. The summed E-state index contributed by atoms with van der Waals surface area (Å²) in [4.78, 5) is 7.89. The molecule has 0 aliphatic rings. The fourth-order valence-corrected chi connectivity index (χ4v) is 1.23. The Kier molecular flexibility index (Phi) is 2.72. The molecule has 0 N–H and O–H groups in total. The van der Waals surface area contributed by atoms with Crippen LogP contribution in [0.15, 0.2) is 15.8 Å². The van der Waals surface area contributed by atoms with Gasteiger partial charge < -0.3 is 0 Å². The van der Waals surface area contributed by atoms with Gasteiger partial charge in [-0.3, -0.25) is 4.21 Å². The second-order valence-electron chi connectivity index (χ2n) is 2.04. The summed E-state index contributed by atoms with van der Waals surface area (Å²) in [6, 6.07) is 0. The molecule has 1 aromatic heterocycles. The van der Waals surface area contributed by atoms with Crippen LogP contribution in [0.2, 0.25) is 0 Å². The maximum absolute atomic E-state index is 10.9. The average molecular weight is 235 g/mol. The Morgan fingerprint density at radius 1 is 1.64 bits per heavy atom. The van der Waals surface area contributed by atoms with Crippen molar-refractivity contribution in [2.45, 2.75) is 12.1 Å². The van der Waals surface area contributed by atoms with E-state index in [1.165, 1.54) is 0 Å². The minimum Gasteiger partial charge on any atom is -0.251 e. The molecule has 60 valence electrons. The molecular formula is C6H7BrN2OS. The van der Waals surface area contributed by atoms with Gasteiger partial charge in [-0.1, -0.05) is 0 Å². The normalized spacial score (nSPS) is 13.0. The van der Waals surface area contributed by atoms with Gasteiger partial charge >= 0.3 is 0 Å². The first-order chi connectivity index (χ1) is 5.11. The quantitative estimate of drug-likeness (QED) is 0.688. The molecule has 11 heavy (non-hydrogen) atoms. The molecule has 0 aromatic carbocycles. The fraction of sp³-hybridized carbons (Fsp3) is 0.333. The van der Waals surface area contributed by atoms with Crippen molar-refractivity contribution in [2.24, 2.45) is 0 Å².